The molecule has 2 aromatic carbocycles. The molecule has 104 valence electrons. The lowest BCUT2D eigenvalue weighted by Crippen LogP contribution is -2.11. The van der Waals surface area contributed by atoms with Gasteiger partial charge in [-0.25, -0.2) is 4.39 Å². The van der Waals surface area contributed by atoms with Crippen molar-refractivity contribution in [1.82, 2.24) is 9.78 Å². The Balaban J connectivity index is 1.79. The zero-order valence-corrected chi connectivity index (χ0v) is 11.8. The molecule has 1 aromatic heterocycles. The zero-order valence-electron chi connectivity index (χ0n) is 11.8. The molecule has 3 heteroatoms. The number of aryl methyl sites for hydroxylation is 1. The summed E-state index contributed by atoms with van der Waals surface area (Å²) in [6.07, 6.45) is 0.825. The first-order chi connectivity index (χ1) is 10.2. The van der Waals surface area contributed by atoms with E-state index in [4.69, 9.17) is 0 Å². The minimum atomic E-state index is -0.193. The lowest BCUT2D eigenvalue weighted by Gasteiger charge is -2.14. The van der Waals surface area contributed by atoms with E-state index in [2.05, 4.69) is 40.1 Å². The maximum atomic E-state index is 13.1. The molecule has 1 aliphatic heterocycles. The molecule has 4 rings (SSSR count). The largest absolute Gasteiger partial charge is 0.257 e. The molecule has 0 N–H and O–H groups in total. The fourth-order valence-corrected chi connectivity index (χ4v) is 3.15. The van der Waals surface area contributed by atoms with Gasteiger partial charge in [0.2, 0.25) is 0 Å². The fourth-order valence-electron chi connectivity index (χ4n) is 3.15. The molecule has 0 amide bonds. The standard InChI is InChI=1S/C18H15FN2/c1-12-10-17-15-4-2-3-5-16(15)18(21(17)20-12)11-13-6-8-14(19)9-7-13/h2-10,18H,11H2,1H3. The van der Waals surface area contributed by atoms with Crippen LogP contribution in [0.5, 0.6) is 0 Å². The molecule has 0 spiro atoms. The summed E-state index contributed by atoms with van der Waals surface area (Å²) in [6, 6.07) is 17.5. The Bertz CT molecular complexity index is 802. The van der Waals surface area contributed by atoms with Gasteiger partial charge in [-0.15, -0.1) is 0 Å². The van der Waals surface area contributed by atoms with Gasteiger partial charge in [-0.3, -0.25) is 4.68 Å². The Labute approximate surface area is 122 Å². The van der Waals surface area contributed by atoms with E-state index < -0.39 is 0 Å². The first-order valence-corrected chi connectivity index (χ1v) is 7.12. The van der Waals surface area contributed by atoms with Crippen molar-refractivity contribution in [2.75, 3.05) is 0 Å². The summed E-state index contributed by atoms with van der Waals surface area (Å²) in [5.41, 5.74) is 5.88. The van der Waals surface area contributed by atoms with Crippen molar-refractivity contribution >= 4 is 0 Å². The van der Waals surface area contributed by atoms with Crippen LogP contribution in [0, 0.1) is 12.7 Å². The van der Waals surface area contributed by atoms with Gasteiger partial charge in [-0.05, 0) is 42.7 Å². The molecule has 0 radical (unpaired) electrons. The van der Waals surface area contributed by atoms with Gasteiger partial charge in [0.05, 0.1) is 17.4 Å². The zero-order chi connectivity index (χ0) is 14.4. The van der Waals surface area contributed by atoms with E-state index in [9.17, 15) is 4.39 Å². The van der Waals surface area contributed by atoms with Crippen LogP contribution in [-0.2, 0) is 6.42 Å². The summed E-state index contributed by atoms with van der Waals surface area (Å²) in [5, 5.41) is 4.64. The molecule has 2 heterocycles. The lowest BCUT2D eigenvalue weighted by molar-refractivity contribution is 0.542. The Kier molecular flexibility index (Phi) is 2.67. The number of hydrogen-bond acceptors (Lipinski definition) is 1. The van der Waals surface area contributed by atoms with Gasteiger partial charge in [0.1, 0.15) is 5.82 Å². The molecule has 1 atom stereocenters. The molecule has 1 unspecified atom stereocenters. The SMILES string of the molecule is Cc1cc2n(n1)C(Cc1ccc(F)cc1)c1ccccc1-2. The quantitative estimate of drug-likeness (QED) is 0.688. The van der Waals surface area contributed by atoms with Gasteiger partial charge in [-0.2, -0.15) is 5.10 Å². The average molecular weight is 278 g/mol. The normalized spacial score (nSPS) is 15.8. The molecule has 1 aliphatic rings. The van der Waals surface area contributed by atoms with Crippen LogP contribution in [0.25, 0.3) is 11.3 Å². The molecule has 0 bridgehead atoms. The van der Waals surface area contributed by atoms with Crippen LogP contribution in [0.15, 0.2) is 54.6 Å². The van der Waals surface area contributed by atoms with Crippen LogP contribution in [0.2, 0.25) is 0 Å². The molecular formula is C18H15FN2. The summed E-state index contributed by atoms with van der Waals surface area (Å²) in [4.78, 5) is 0. The molecule has 3 aromatic rings. The Morgan fingerprint density at radius 2 is 1.86 bits per heavy atom. The van der Waals surface area contributed by atoms with E-state index in [-0.39, 0.29) is 11.9 Å². The van der Waals surface area contributed by atoms with Gasteiger partial charge in [0, 0.05) is 5.56 Å². The summed E-state index contributed by atoms with van der Waals surface area (Å²) in [5.74, 6) is -0.193. The fraction of sp³-hybridized carbons (Fsp3) is 0.167. The average Bonchev–Trinajstić information content (AvgIpc) is 2.99. The van der Waals surface area contributed by atoms with Gasteiger partial charge in [0.25, 0.3) is 0 Å². The van der Waals surface area contributed by atoms with E-state index >= 15 is 0 Å². The van der Waals surface area contributed by atoms with Crippen LogP contribution in [0.3, 0.4) is 0 Å². The van der Waals surface area contributed by atoms with Crippen molar-refractivity contribution in [2.45, 2.75) is 19.4 Å². The molecule has 0 fully saturated rings. The first-order valence-electron chi connectivity index (χ1n) is 7.12. The number of fused-ring (bicyclic) bond motifs is 3. The van der Waals surface area contributed by atoms with E-state index in [1.165, 1.54) is 29.0 Å². The number of rotatable bonds is 2. The second kappa shape index (κ2) is 4.55. The maximum absolute atomic E-state index is 13.1. The number of benzene rings is 2. The van der Waals surface area contributed by atoms with Crippen LogP contribution in [-0.4, -0.2) is 9.78 Å². The van der Waals surface area contributed by atoms with E-state index in [1.54, 1.807) is 0 Å². The molecule has 0 saturated heterocycles. The van der Waals surface area contributed by atoms with E-state index in [0.717, 1.165) is 17.7 Å². The third-order valence-corrected chi connectivity index (χ3v) is 4.09. The molecular weight excluding hydrogens is 263 g/mol. The molecule has 0 aliphatic carbocycles. The number of halogens is 1. The van der Waals surface area contributed by atoms with Crippen molar-refractivity contribution in [2.24, 2.45) is 0 Å². The summed E-state index contributed by atoms with van der Waals surface area (Å²) in [6.45, 7) is 2.02. The smallest absolute Gasteiger partial charge is 0.123 e. The Morgan fingerprint density at radius 1 is 1.10 bits per heavy atom. The molecule has 0 saturated carbocycles. The lowest BCUT2D eigenvalue weighted by atomic mass is 9.97. The van der Waals surface area contributed by atoms with Gasteiger partial charge in [-0.1, -0.05) is 36.4 Å². The highest BCUT2D eigenvalue weighted by atomic mass is 19.1. The summed E-state index contributed by atoms with van der Waals surface area (Å²) in [7, 11) is 0. The number of aromatic nitrogens is 2. The highest BCUT2D eigenvalue weighted by Gasteiger charge is 2.29. The Hall–Kier alpha value is -2.42. The minimum absolute atomic E-state index is 0.190. The van der Waals surface area contributed by atoms with Gasteiger partial charge < -0.3 is 0 Å². The predicted octanol–water partition coefficient (Wildman–Crippen LogP) is 4.14. The van der Waals surface area contributed by atoms with E-state index in [0.29, 0.717) is 0 Å². The van der Waals surface area contributed by atoms with Crippen molar-refractivity contribution in [1.29, 1.82) is 0 Å². The third-order valence-electron chi connectivity index (χ3n) is 4.09. The molecule has 2 nitrogen and oxygen atoms in total. The Morgan fingerprint density at radius 3 is 2.67 bits per heavy atom. The van der Waals surface area contributed by atoms with Crippen LogP contribution >= 0.6 is 0 Å². The second-order valence-electron chi connectivity index (χ2n) is 5.55. The highest BCUT2D eigenvalue weighted by Crippen LogP contribution is 2.40. The molecule has 21 heavy (non-hydrogen) atoms. The number of nitrogens with zero attached hydrogens (tertiary/aromatic N) is 2. The number of hydrogen-bond donors (Lipinski definition) is 0. The minimum Gasteiger partial charge on any atom is -0.257 e. The highest BCUT2D eigenvalue weighted by molar-refractivity contribution is 5.69. The summed E-state index contributed by atoms with van der Waals surface area (Å²) < 4.78 is 15.2. The van der Waals surface area contributed by atoms with Gasteiger partial charge >= 0.3 is 0 Å². The maximum Gasteiger partial charge on any atom is 0.123 e. The van der Waals surface area contributed by atoms with E-state index in [1.807, 2.05) is 19.1 Å². The van der Waals surface area contributed by atoms with Crippen LogP contribution in [0.1, 0.15) is 22.9 Å². The predicted molar refractivity (Wildman–Crippen MR) is 80.6 cm³/mol. The van der Waals surface area contributed by atoms with Gasteiger partial charge in [0.15, 0.2) is 0 Å². The third kappa shape index (κ3) is 1.97. The van der Waals surface area contributed by atoms with Crippen molar-refractivity contribution in [3.8, 4) is 11.3 Å². The first kappa shape index (κ1) is 12.3. The topological polar surface area (TPSA) is 17.8 Å². The van der Waals surface area contributed by atoms with Crippen LogP contribution in [0.4, 0.5) is 4.39 Å². The van der Waals surface area contributed by atoms with Crippen molar-refractivity contribution in [3.05, 3.63) is 77.2 Å². The van der Waals surface area contributed by atoms with Crippen molar-refractivity contribution < 1.29 is 4.39 Å². The van der Waals surface area contributed by atoms with Crippen molar-refractivity contribution in [3.63, 3.8) is 0 Å². The summed E-state index contributed by atoms with van der Waals surface area (Å²) >= 11 is 0. The second-order valence-corrected chi connectivity index (χ2v) is 5.55. The van der Waals surface area contributed by atoms with Crippen LogP contribution < -0.4 is 0 Å². The monoisotopic (exact) mass is 278 g/mol.